The van der Waals surface area contributed by atoms with Crippen LogP contribution in [0, 0.1) is 13.8 Å². The molecule has 0 amide bonds. The predicted octanol–water partition coefficient (Wildman–Crippen LogP) is 0.117. The number of rotatable bonds is 2. The fourth-order valence-electron chi connectivity index (χ4n) is 1.29. The zero-order valence-corrected chi connectivity index (χ0v) is 7.81. The molecule has 1 rings (SSSR count). The third-order valence-corrected chi connectivity index (χ3v) is 2.01. The predicted molar refractivity (Wildman–Crippen MR) is 53.8 cm³/mol. The molecule has 1 aromatic rings. The van der Waals surface area contributed by atoms with E-state index in [0.29, 0.717) is 6.54 Å². The van der Waals surface area contributed by atoms with Gasteiger partial charge >= 0.3 is 0 Å². The monoisotopic (exact) mass is 163 g/mol. The third kappa shape index (κ3) is 1.59. The molecule has 0 spiro atoms. The number of pyridine rings is 1. The van der Waals surface area contributed by atoms with Gasteiger partial charge in [0.05, 0.1) is 0 Å². The molecular formula is C8H14BN3. The summed E-state index contributed by atoms with van der Waals surface area (Å²) in [6.07, 6.45) is 0. The second-order valence-electron chi connectivity index (χ2n) is 2.84. The number of nitrogens with one attached hydrogen (secondary N) is 1. The summed E-state index contributed by atoms with van der Waals surface area (Å²) in [7, 11) is 1.86. The van der Waals surface area contributed by atoms with Crippen molar-refractivity contribution in [3.63, 3.8) is 0 Å². The van der Waals surface area contributed by atoms with Crippen LogP contribution in [0.1, 0.15) is 16.8 Å². The van der Waals surface area contributed by atoms with Crippen LogP contribution in [-0.2, 0) is 6.54 Å². The summed E-state index contributed by atoms with van der Waals surface area (Å²) in [6, 6.07) is 2.01. The van der Waals surface area contributed by atoms with Gasteiger partial charge in [0, 0.05) is 12.2 Å². The smallest absolute Gasteiger partial charge is 0.215 e. The van der Waals surface area contributed by atoms with Crippen molar-refractivity contribution in [2.45, 2.75) is 20.4 Å². The van der Waals surface area contributed by atoms with Gasteiger partial charge in [0.2, 0.25) is 7.98 Å². The summed E-state index contributed by atoms with van der Waals surface area (Å²) in [6.45, 7) is 4.60. The molecular weight excluding hydrogens is 149 g/mol. The molecule has 0 aliphatic heterocycles. The number of aromatic nitrogens is 1. The third-order valence-electron chi connectivity index (χ3n) is 2.01. The van der Waals surface area contributed by atoms with Gasteiger partial charge < -0.3 is 11.0 Å². The fraction of sp³-hybridized carbons (Fsp3) is 0.375. The Bertz CT molecular complexity index is 263. The summed E-state index contributed by atoms with van der Waals surface area (Å²) in [4.78, 5) is 4.33. The van der Waals surface area contributed by atoms with Crippen LogP contribution < -0.4 is 11.0 Å². The van der Waals surface area contributed by atoms with Crippen LogP contribution >= 0.6 is 0 Å². The van der Waals surface area contributed by atoms with E-state index in [9.17, 15) is 0 Å². The minimum Gasteiger partial charge on any atom is -0.420 e. The Morgan fingerprint density at radius 2 is 2.25 bits per heavy atom. The Hall–Kier alpha value is -1.03. The van der Waals surface area contributed by atoms with Crippen molar-refractivity contribution in [1.29, 1.82) is 0 Å². The highest BCUT2D eigenvalue weighted by Crippen LogP contribution is 2.14. The van der Waals surface area contributed by atoms with Crippen molar-refractivity contribution in [1.82, 2.24) is 4.98 Å². The lowest BCUT2D eigenvalue weighted by Crippen LogP contribution is -2.06. The van der Waals surface area contributed by atoms with Crippen LogP contribution in [0.2, 0.25) is 0 Å². The van der Waals surface area contributed by atoms with Crippen LogP contribution in [0.3, 0.4) is 0 Å². The summed E-state index contributed by atoms with van der Waals surface area (Å²) in [5.74, 6) is 0.905. The van der Waals surface area contributed by atoms with Crippen molar-refractivity contribution >= 4 is 13.8 Å². The highest BCUT2D eigenvalue weighted by Gasteiger charge is 2.03. The molecule has 0 saturated heterocycles. The van der Waals surface area contributed by atoms with Gasteiger partial charge in [0.1, 0.15) is 5.82 Å². The summed E-state index contributed by atoms with van der Waals surface area (Å²) >= 11 is 0. The summed E-state index contributed by atoms with van der Waals surface area (Å²) in [5, 5.41) is 3.01. The molecule has 1 aromatic heterocycles. The molecule has 3 nitrogen and oxygen atoms in total. The molecule has 0 aliphatic carbocycles. The fourth-order valence-corrected chi connectivity index (χ4v) is 1.29. The van der Waals surface area contributed by atoms with E-state index < -0.39 is 0 Å². The second-order valence-corrected chi connectivity index (χ2v) is 2.84. The van der Waals surface area contributed by atoms with Gasteiger partial charge in [-0.05, 0) is 31.0 Å². The highest BCUT2D eigenvalue weighted by atomic mass is 14.9. The first-order valence-electron chi connectivity index (χ1n) is 4.04. The van der Waals surface area contributed by atoms with E-state index in [2.05, 4.69) is 17.1 Å². The first kappa shape index (κ1) is 9.07. The molecule has 1 heterocycles. The molecule has 4 heteroatoms. The molecule has 0 aromatic carbocycles. The Kier molecular flexibility index (Phi) is 2.71. The van der Waals surface area contributed by atoms with Gasteiger partial charge in [-0.25, -0.2) is 4.98 Å². The average molecular weight is 163 g/mol. The maximum absolute atomic E-state index is 5.58. The average Bonchev–Trinajstić information content (AvgIpc) is 2.03. The Labute approximate surface area is 73.8 Å². The molecule has 0 unspecified atom stereocenters. The van der Waals surface area contributed by atoms with E-state index in [1.165, 1.54) is 5.56 Å². The van der Waals surface area contributed by atoms with Crippen molar-refractivity contribution < 1.29 is 0 Å². The Morgan fingerprint density at radius 3 is 2.67 bits per heavy atom. The quantitative estimate of drug-likeness (QED) is 0.608. The number of nitrogens with two attached hydrogens (primary N) is 1. The van der Waals surface area contributed by atoms with Crippen molar-refractivity contribution in [2.75, 3.05) is 5.23 Å². The van der Waals surface area contributed by atoms with Gasteiger partial charge in [0.15, 0.2) is 0 Å². The standard InChI is InChI=1S/C8H14BN3/c1-5-3-8(12-9)11-6(2)7(5)4-10/h3H,4,9-10H2,1-2H3,(H,11,12). The lowest BCUT2D eigenvalue weighted by atomic mass is 10.1. The zero-order valence-electron chi connectivity index (χ0n) is 7.81. The van der Waals surface area contributed by atoms with Gasteiger partial charge in [-0.15, -0.1) is 0 Å². The number of hydrogen-bond donors (Lipinski definition) is 2. The molecule has 64 valence electrons. The van der Waals surface area contributed by atoms with Gasteiger partial charge in [-0.1, -0.05) is 0 Å². The maximum atomic E-state index is 5.58. The molecule has 0 bridgehead atoms. The number of anilines is 1. The summed E-state index contributed by atoms with van der Waals surface area (Å²) in [5.41, 5.74) is 8.95. The van der Waals surface area contributed by atoms with E-state index in [-0.39, 0.29) is 0 Å². The van der Waals surface area contributed by atoms with Crippen molar-refractivity contribution in [2.24, 2.45) is 5.73 Å². The van der Waals surface area contributed by atoms with E-state index in [1.807, 2.05) is 21.0 Å². The minimum atomic E-state index is 0.564. The van der Waals surface area contributed by atoms with Crippen molar-refractivity contribution in [3.8, 4) is 0 Å². The second kappa shape index (κ2) is 3.58. The number of nitrogens with zero attached hydrogens (tertiary/aromatic N) is 1. The van der Waals surface area contributed by atoms with Crippen LogP contribution in [0.25, 0.3) is 0 Å². The Morgan fingerprint density at radius 1 is 1.58 bits per heavy atom. The lowest BCUT2D eigenvalue weighted by Gasteiger charge is -2.09. The van der Waals surface area contributed by atoms with Crippen LogP contribution in [0.5, 0.6) is 0 Å². The normalized spacial score (nSPS) is 9.92. The molecule has 0 radical (unpaired) electrons. The SMILES string of the molecule is BNc1cc(C)c(CN)c(C)n1. The first-order chi connectivity index (χ1) is 5.69. The van der Waals surface area contributed by atoms with E-state index in [1.54, 1.807) is 0 Å². The Balaban J connectivity index is 3.18. The van der Waals surface area contributed by atoms with Crippen molar-refractivity contribution in [3.05, 3.63) is 22.9 Å². The van der Waals surface area contributed by atoms with Gasteiger partial charge in [0.25, 0.3) is 0 Å². The highest BCUT2D eigenvalue weighted by molar-refractivity contribution is 6.15. The maximum Gasteiger partial charge on any atom is 0.215 e. The zero-order chi connectivity index (χ0) is 9.14. The largest absolute Gasteiger partial charge is 0.420 e. The molecule has 12 heavy (non-hydrogen) atoms. The van der Waals surface area contributed by atoms with Crippen LogP contribution in [0.15, 0.2) is 6.07 Å². The minimum absolute atomic E-state index is 0.564. The van der Waals surface area contributed by atoms with Gasteiger partial charge in [-0.2, -0.15) is 0 Å². The topological polar surface area (TPSA) is 50.9 Å². The molecule has 3 N–H and O–H groups in total. The van der Waals surface area contributed by atoms with Crippen LogP contribution in [-0.4, -0.2) is 13.0 Å². The molecule has 0 atom stereocenters. The number of aryl methyl sites for hydroxylation is 2. The van der Waals surface area contributed by atoms with E-state index in [0.717, 1.165) is 17.1 Å². The van der Waals surface area contributed by atoms with Gasteiger partial charge in [-0.3, -0.25) is 0 Å². The van der Waals surface area contributed by atoms with E-state index >= 15 is 0 Å². The molecule has 0 fully saturated rings. The van der Waals surface area contributed by atoms with Crippen LogP contribution in [0.4, 0.5) is 5.82 Å². The first-order valence-corrected chi connectivity index (χ1v) is 4.04. The molecule has 0 aliphatic rings. The van der Waals surface area contributed by atoms with E-state index in [4.69, 9.17) is 5.73 Å². The summed E-state index contributed by atoms with van der Waals surface area (Å²) < 4.78 is 0. The lowest BCUT2D eigenvalue weighted by molar-refractivity contribution is 0.990. The number of hydrogen-bond acceptors (Lipinski definition) is 3. The molecule has 0 saturated carbocycles.